The Morgan fingerprint density at radius 1 is 1.38 bits per heavy atom. The van der Waals surface area contributed by atoms with Gasteiger partial charge in [-0.15, -0.1) is 0 Å². The first-order chi connectivity index (χ1) is 10.2. The smallest absolute Gasteiger partial charge is 0.335 e. The highest BCUT2D eigenvalue weighted by molar-refractivity contribution is 5.87. The van der Waals surface area contributed by atoms with Crippen LogP contribution in [0.5, 0.6) is 0 Å². The van der Waals surface area contributed by atoms with Gasteiger partial charge in [0.2, 0.25) is 0 Å². The van der Waals surface area contributed by atoms with E-state index in [0.29, 0.717) is 24.6 Å². The van der Waals surface area contributed by atoms with Crippen molar-refractivity contribution in [3.8, 4) is 0 Å². The fourth-order valence-corrected chi connectivity index (χ4v) is 3.02. The topological polar surface area (TPSA) is 81.1 Å². The largest absolute Gasteiger partial charge is 0.478 e. The maximum atomic E-state index is 10.9. The molecular weight excluding hydrogens is 266 g/mol. The molecule has 0 saturated carbocycles. The number of nitrogens with zero attached hydrogens (tertiary/aromatic N) is 2. The minimum atomic E-state index is -0.899. The van der Waals surface area contributed by atoms with Gasteiger partial charge >= 0.3 is 5.97 Å². The summed E-state index contributed by atoms with van der Waals surface area (Å²) in [6.45, 7) is 1.35. The summed E-state index contributed by atoms with van der Waals surface area (Å²) in [4.78, 5) is 10.9. The molecule has 0 fully saturated rings. The van der Waals surface area contributed by atoms with Crippen LogP contribution in [0.3, 0.4) is 0 Å². The predicted octanol–water partition coefficient (Wildman–Crippen LogP) is 2.01. The number of hydrogen-bond donors (Lipinski definition) is 2. The van der Waals surface area contributed by atoms with E-state index in [1.54, 1.807) is 12.1 Å². The molecular formula is C16H19N3O2. The van der Waals surface area contributed by atoms with E-state index in [1.807, 2.05) is 23.0 Å². The van der Waals surface area contributed by atoms with Gasteiger partial charge in [0.15, 0.2) is 0 Å². The van der Waals surface area contributed by atoms with Crippen LogP contribution in [0.4, 0.5) is 0 Å². The summed E-state index contributed by atoms with van der Waals surface area (Å²) < 4.78 is 2.02. The Bertz CT molecular complexity index is 646. The highest BCUT2D eigenvalue weighted by Crippen LogP contribution is 2.30. The fraction of sp³-hybridized carbons (Fsp3) is 0.375. The lowest BCUT2D eigenvalue weighted by atomic mass is 9.87. The van der Waals surface area contributed by atoms with Gasteiger partial charge < -0.3 is 10.8 Å². The van der Waals surface area contributed by atoms with Crippen molar-refractivity contribution in [2.24, 2.45) is 5.73 Å². The molecule has 21 heavy (non-hydrogen) atoms. The second-order valence-corrected chi connectivity index (χ2v) is 5.53. The third-order valence-corrected chi connectivity index (χ3v) is 4.20. The van der Waals surface area contributed by atoms with Gasteiger partial charge in [-0.1, -0.05) is 12.1 Å². The highest BCUT2D eigenvalue weighted by Gasteiger charge is 2.23. The molecule has 3 rings (SSSR count). The van der Waals surface area contributed by atoms with Gasteiger partial charge in [-0.25, -0.2) is 4.79 Å². The molecule has 0 radical (unpaired) electrons. The standard InChI is InChI=1S/C16H19N3O2/c17-8-13-2-1-3-15-14(13)9-18-19(15)10-11-4-6-12(7-5-11)16(20)21/h4-7,9,13H,1-3,8,10,17H2,(H,20,21). The quantitative estimate of drug-likeness (QED) is 0.900. The summed E-state index contributed by atoms with van der Waals surface area (Å²) in [6.07, 6.45) is 5.28. The zero-order chi connectivity index (χ0) is 14.8. The predicted molar refractivity (Wildman–Crippen MR) is 79.5 cm³/mol. The molecule has 0 saturated heterocycles. The van der Waals surface area contributed by atoms with Crippen LogP contribution in [0.1, 0.15) is 45.9 Å². The Kier molecular flexibility index (Phi) is 3.75. The van der Waals surface area contributed by atoms with Gasteiger partial charge in [0.25, 0.3) is 0 Å². The molecule has 0 amide bonds. The lowest BCUT2D eigenvalue weighted by Crippen LogP contribution is -2.19. The van der Waals surface area contributed by atoms with E-state index in [2.05, 4.69) is 5.10 Å². The molecule has 0 spiro atoms. The van der Waals surface area contributed by atoms with Crippen LogP contribution in [0.15, 0.2) is 30.5 Å². The summed E-state index contributed by atoms with van der Waals surface area (Å²) in [5.41, 5.74) is 9.76. The first-order valence-corrected chi connectivity index (χ1v) is 7.26. The minimum absolute atomic E-state index is 0.310. The average molecular weight is 285 g/mol. The van der Waals surface area contributed by atoms with Crippen LogP contribution in [0.2, 0.25) is 0 Å². The van der Waals surface area contributed by atoms with Gasteiger partial charge in [0.05, 0.1) is 18.3 Å². The average Bonchev–Trinajstić information content (AvgIpc) is 2.91. The number of aromatic nitrogens is 2. The number of aromatic carboxylic acids is 1. The Morgan fingerprint density at radius 2 is 2.14 bits per heavy atom. The number of benzene rings is 1. The lowest BCUT2D eigenvalue weighted by Gasteiger charge is -2.21. The SMILES string of the molecule is NCC1CCCc2c1cnn2Cc1ccc(C(=O)O)cc1. The molecule has 1 aromatic carbocycles. The normalized spacial score (nSPS) is 17.5. The van der Waals surface area contributed by atoms with Crippen LogP contribution >= 0.6 is 0 Å². The number of rotatable bonds is 4. The number of fused-ring (bicyclic) bond motifs is 1. The minimum Gasteiger partial charge on any atom is -0.478 e. The van der Waals surface area contributed by atoms with Crippen molar-refractivity contribution in [3.05, 3.63) is 52.8 Å². The summed E-state index contributed by atoms with van der Waals surface area (Å²) in [6, 6.07) is 6.97. The Hall–Kier alpha value is -2.14. The van der Waals surface area contributed by atoms with Gasteiger partial charge in [-0.05, 0) is 55.0 Å². The summed E-state index contributed by atoms with van der Waals surface area (Å²) in [7, 11) is 0. The number of hydrogen-bond acceptors (Lipinski definition) is 3. The molecule has 3 N–H and O–H groups in total. The van der Waals surface area contributed by atoms with Gasteiger partial charge in [-0.3, -0.25) is 4.68 Å². The van der Waals surface area contributed by atoms with E-state index < -0.39 is 5.97 Å². The first kappa shape index (κ1) is 13.8. The zero-order valence-electron chi connectivity index (χ0n) is 11.8. The highest BCUT2D eigenvalue weighted by atomic mass is 16.4. The van der Waals surface area contributed by atoms with Crippen LogP contribution < -0.4 is 5.73 Å². The van der Waals surface area contributed by atoms with E-state index >= 15 is 0 Å². The molecule has 1 aromatic heterocycles. The van der Waals surface area contributed by atoms with Crippen molar-refractivity contribution in [1.82, 2.24) is 9.78 Å². The lowest BCUT2D eigenvalue weighted by molar-refractivity contribution is 0.0697. The molecule has 0 aliphatic heterocycles. The van der Waals surface area contributed by atoms with Crippen molar-refractivity contribution in [2.75, 3.05) is 6.54 Å². The summed E-state index contributed by atoms with van der Waals surface area (Å²) >= 11 is 0. The van der Waals surface area contributed by atoms with E-state index in [9.17, 15) is 4.79 Å². The van der Waals surface area contributed by atoms with Gasteiger partial charge in [0, 0.05) is 5.69 Å². The number of carboxylic acid groups (broad SMARTS) is 1. The molecule has 2 aromatic rings. The molecule has 1 atom stereocenters. The zero-order valence-corrected chi connectivity index (χ0v) is 11.8. The number of nitrogens with two attached hydrogens (primary N) is 1. The molecule has 1 heterocycles. The summed E-state index contributed by atoms with van der Waals surface area (Å²) in [5.74, 6) is -0.472. The van der Waals surface area contributed by atoms with Gasteiger partial charge in [0.1, 0.15) is 0 Å². The van der Waals surface area contributed by atoms with Crippen LogP contribution in [0, 0.1) is 0 Å². The van der Waals surface area contributed by atoms with Crippen molar-refractivity contribution < 1.29 is 9.90 Å². The van der Waals surface area contributed by atoms with Crippen molar-refractivity contribution >= 4 is 5.97 Å². The molecule has 1 aliphatic rings. The third-order valence-electron chi connectivity index (χ3n) is 4.20. The third kappa shape index (κ3) is 2.69. The monoisotopic (exact) mass is 285 g/mol. The number of carboxylic acids is 1. The Labute approximate surface area is 123 Å². The van der Waals surface area contributed by atoms with E-state index in [-0.39, 0.29) is 0 Å². The maximum absolute atomic E-state index is 10.9. The van der Waals surface area contributed by atoms with Crippen LogP contribution in [-0.4, -0.2) is 27.4 Å². The second kappa shape index (κ2) is 5.69. The number of carbonyl (C=O) groups is 1. The first-order valence-electron chi connectivity index (χ1n) is 7.26. The second-order valence-electron chi connectivity index (χ2n) is 5.53. The summed E-state index contributed by atoms with van der Waals surface area (Å²) in [5, 5.41) is 13.4. The van der Waals surface area contributed by atoms with E-state index in [1.165, 1.54) is 11.3 Å². The van der Waals surface area contributed by atoms with Crippen molar-refractivity contribution in [1.29, 1.82) is 0 Å². The van der Waals surface area contributed by atoms with Crippen molar-refractivity contribution in [2.45, 2.75) is 31.7 Å². The molecule has 110 valence electrons. The van der Waals surface area contributed by atoms with Gasteiger partial charge in [-0.2, -0.15) is 5.10 Å². The maximum Gasteiger partial charge on any atom is 0.335 e. The van der Waals surface area contributed by atoms with Crippen molar-refractivity contribution in [3.63, 3.8) is 0 Å². The molecule has 1 aliphatic carbocycles. The van der Waals surface area contributed by atoms with Crippen LogP contribution in [-0.2, 0) is 13.0 Å². The van der Waals surface area contributed by atoms with Crippen LogP contribution in [0.25, 0.3) is 0 Å². The van der Waals surface area contributed by atoms with E-state index in [4.69, 9.17) is 10.8 Å². The Balaban J connectivity index is 1.82. The fourth-order valence-electron chi connectivity index (χ4n) is 3.02. The molecule has 0 bridgehead atoms. The van der Waals surface area contributed by atoms with E-state index in [0.717, 1.165) is 24.8 Å². The molecule has 5 nitrogen and oxygen atoms in total. The molecule has 1 unspecified atom stereocenters. The molecule has 5 heteroatoms. The Morgan fingerprint density at radius 3 is 2.81 bits per heavy atom.